The molecule has 0 aromatic heterocycles. The maximum absolute atomic E-state index is 12.5. The van der Waals surface area contributed by atoms with Gasteiger partial charge in [0.05, 0.1) is 24.8 Å². The van der Waals surface area contributed by atoms with Crippen molar-refractivity contribution in [3.8, 4) is 6.07 Å². The predicted molar refractivity (Wildman–Crippen MR) is 96.8 cm³/mol. The normalized spacial score (nSPS) is 22.0. The molecule has 1 aromatic carbocycles. The number of amides is 1. The Bertz CT molecular complexity index is 659. The molecule has 2 aliphatic rings. The van der Waals surface area contributed by atoms with Crippen molar-refractivity contribution in [1.82, 2.24) is 9.80 Å². The highest BCUT2D eigenvalue weighted by molar-refractivity contribution is 5.91. The van der Waals surface area contributed by atoms with Crippen LogP contribution in [0, 0.1) is 17.2 Å². The summed E-state index contributed by atoms with van der Waals surface area (Å²) in [5.74, 6) is 0.611. The van der Waals surface area contributed by atoms with Crippen LogP contribution in [0.3, 0.4) is 0 Å². The zero-order chi connectivity index (χ0) is 17.5. The topological polar surface area (TPSA) is 56.6 Å². The number of nitriles is 1. The summed E-state index contributed by atoms with van der Waals surface area (Å²) in [6, 6.07) is 9.42. The number of nitrogens with zero attached hydrogens (tertiary/aromatic N) is 3. The zero-order valence-corrected chi connectivity index (χ0v) is 14.6. The van der Waals surface area contributed by atoms with Gasteiger partial charge in [0.15, 0.2) is 0 Å². The second-order valence-electron chi connectivity index (χ2n) is 6.78. The Labute approximate surface area is 149 Å². The van der Waals surface area contributed by atoms with E-state index in [1.807, 2.05) is 17.0 Å². The van der Waals surface area contributed by atoms with Crippen molar-refractivity contribution in [2.75, 3.05) is 45.9 Å². The summed E-state index contributed by atoms with van der Waals surface area (Å²) in [7, 11) is 0. The fourth-order valence-electron chi connectivity index (χ4n) is 3.55. The number of piperidine rings is 1. The largest absolute Gasteiger partial charge is 0.379 e. The van der Waals surface area contributed by atoms with Gasteiger partial charge in [-0.2, -0.15) is 5.26 Å². The lowest BCUT2D eigenvalue weighted by Crippen LogP contribution is -2.45. The van der Waals surface area contributed by atoms with Crippen molar-refractivity contribution < 1.29 is 9.53 Å². The van der Waals surface area contributed by atoms with E-state index in [1.54, 1.807) is 24.3 Å². The number of carbonyl (C=O) groups is 1. The number of rotatable bonds is 4. The van der Waals surface area contributed by atoms with E-state index >= 15 is 0 Å². The van der Waals surface area contributed by atoms with Crippen LogP contribution < -0.4 is 0 Å². The van der Waals surface area contributed by atoms with Crippen LogP contribution >= 0.6 is 0 Å². The van der Waals surface area contributed by atoms with Crippen molar-refractivity contribution in [2.45, 2.75) is 12.8 Å². The summed E-state index contributed by atoms with van der Waals surface area (Å²) in [6.07, 6.45) is 5.69. The van der Waals surface area contributed by atoms with Crippen LogP contribution in [0.1, 0.15) is 24.0 Å². The van der Waals surface area contributed by atoms with Gasteiger partial charge in [-0.05, 0) is 42.5 Å². The summed E-state index contributed by atoms with van der Waals surface area (Å²) in [6.45, 7) is 6.36. The molecule has 0 saturated carbocycles. The standard InChI is InChI=1S/C20H25N3O2/c21-14-18-4-1-3-17(13-18)6-7-20(24)23-8-2-5-19(16-23)15-22-9-11-25-12-10-22/h1,3-4,6-7,13,19H,2,5,8-12,15-16H2/b7-6+. The SMILES string of the molecule is N#Cc1cccc(/C=C/C(=O)N2CCCC(CN3CCOCC3)C2)c1. The molecule has 2 heterocycles. The lowest BCUT2D eigenvalue weighted by molar-refractivity contribution is -0.127. The van der Waals surface area contributed by atoms with Crippen LogP contribution in [0.4, 0.5) is 0 Å². The number of benzene rings is 1. The minimum atomic E-state index is 0.0639. The van der Waals surface area contributed by atoms with E-state index in [0.717, 1.165) is 57.9 Å². The van der Waals surface area contributed by atoms with E-state index in [4.69, 9.17) is 10.00 Å². The first-order chi connectivity index (χ1) is 12.2. The third kappa shape index (κ3) is 5.15. The molecule has 5 heteroatoms. The van der Waals surface area contributed by atoms with Gasteiger partial charge in [0.25, 0.3) is 0 Å². The molecule has 1 aromatic rings. The Morgan fingerprint density at radius 1 is 1.32 bits per heavy atom. The third-order valence-corrected chi connectivity index (χ3v) is 4.88. The summed E-state index contributed by atoms with van der Waals surface area (Å²) in [5.41, 5.74) is 1.49. The lowest BCUT2D eigenvalue weighted by Gasteiger charge is -2.36. The molecule has 1 unspecified atom stereocenters. The highest BCUT2D eigenvalue weighted by Crippen LogP contribution is 2.19. The van der Waals surface area contributed by atoms with Gasteiger partial charge in [-0.1, -0.05) is 12.1 Å². The van der Waals surface area contributed by atoms with Crippen LogP contribution in [0.2, 0.25) is 0 Å². The minimum absolute atomic E-state index is 0.0639. The Morgan fingerprint density at radius 3 is 2.96 bits per heavy atom. The average molecular weight is 339 g/mol. The maximum Gasteiger partial charge on any atom is 0.246 e. The van der Waals surface area contributed by atoms with E-state index in [2.05, 4.69) is 11.0 Å². The Morgan fingerprint density at radius 2 is 2.16 bits per heavy atom. The molecule has 1 atom stereocenters. The Hall–Kier alpha value is -2.16. The molecule has 132 valence electrons. The molecule has 0 aliphatic carbocycles. The fraction of sp³-hybridized carbons (Fsp3) is 0.500. The van der Waals surface area contributed by atoms with Gasteiger partial charge in [-0.25, -0.2) is 0 Å². The van der Waals surface area contributed by atoms with Crippen LogP contribution in [0.5, 0.6) is 0 Å². The average Bonchev–Trinajstić information content (AvgIpc) is 2.67. The van der Waals surface area contributed by atoms with Crippen LogP contribution in [0.15, 0.2) is 30.3 Å². The van der Waals surface area contributed by atoms with E-state index in [-0.39, 0.29) is 5.91 Å². The Kier molecular flexibility index (Phi) is 6.21. The molecule has 0 bridgehead atoms. The number of hydrogen-bond acceptors (Lipinski definition) is 4. The first-order valence-electron chi connectivity index (χ1n) is 9.02. The molecule has 2 aliphatic heterocycles. The fourth-order valence-corrected chi connectivity index (χ4v) is 3.55. The molecule has 0 N–H and O–H groups in total. The molecule has 2 fully saturated rings. The van der Waals surface area contributed by atoms with Crippen LogP contribution in [-0.2, 0) is 9.53 Å². The summed E-state index contributed by atoms with van der Waals surface area (Å²) in [5, 5.41) is 8.95. The number of likely N-dealkylation sites (tertiary alicyclic amines) is 1. The predicted octanol–water partition coefficient (Wildman–Crippen LogP) is 2.14. The monoisotopic (exact) mass is 339 g/mol. The van der Waals surface area contributed by atoms with Crippen molar-refractivity contribution in [1.29, 1.82) is 5.26 Å². The van der Waals surface area contributed by atoms with Crippen molar-refractivity contribution in [3.05, 3.63) is 41.5 Å². The van der Waals surface area contributed by atoms with Crippen molar-refractivity contribution in [3.63, 3.8) is 0 Å². The van der Waals surface area contributed by atoms with Crippen LogP contribution in [0.25, 0.3) is 6.08 Å². The second kappa shape index (κ2) is 8.80. The summed E-state index contributed by atoms with van der Waals surface area (Å²) < 4.78 is 5.40. The molecule has 5 nitrogen and oxygen atoms in total. The maximum atomic E-state index is 12.5. The third-order valence-electron chi connectivity index (χ3n) is 4.88. The van der Waals surface area contributed by atoms with Gasteiger partial charge in [-0.15, -0.1) is 0 Å². The van der Waals surface area contributed by atoms with Gasteiger partial charge in [0.2, 0.25) is 5.91 Å². The lowest BCUT2D eigenvalue weighted by atomic mass is 9.97. The van der Waals surface area contributed by atoms with Crippen molar-refractivity contribution in [2.24, 2.45) is 5.92 Å². The van der Waals surface area contributed by atoms with E-state index in [1.165, 1.54) is 6.42 Å². The molecule has 0 spiro atoms. The van der Waals surface area contributed by atoms with E-state index < -0.39 is 0 Å². The second-order valence-corrected chi connectivity index (χ2v) is 6.78. The summed E-state index contributed by atoms with van der Waals surface area (Å²) >= 11 is 0. The van der Waals surface area contributed by atoms with Gasteiger partial charge < -0.3 is 9.64 Å². The molecule has 0 radical (unpaired) electrons. The number of carbonyl (C=O) groups excluding carboxylic acids is 1. The molecule has 2 saturated heterocycles. The first kappa shape index (κ1) is 17.7. The minimum Gasteiger partial charge on any atom is -0.379 e. The van der Waals surface area contributed by atoms with E-state index in [0.29, 0.717) is 11.5 Å². The van der Waals surface area contributed by atoms with Gasteiger partial charge in [0.1, 0.15) is 0 Å². The Balaban J connectivity index is 1.54. The van der Waals surface area contributed by atoms with E-state index in [9.17, 15) is 4.79 Å². The highest BCUT2D eigenvalue weighted by atomic mass is 16.5. The van der Waals surface area contributed by atoms with Gasteiger partial charge in [-0.3, -0.25) is 9.69 Å². The molecule has 3 rings (SSSR count). The number of hydrogen-bond donors (Lipinski definition) is 0. The molecular weight excluding hydrogens is 314 g/mol. The summed E-state index contributed by atoms with van der Waals surface area (Å²) in [4.78, 5) is 16.9. The van der Waals surface area contributed by atoms with Gasteiger partial charge in [0, 0.05) is 38.8 Å². The zero-order valence-electron chi connectivity index (χ0n) is 14.6. The quantitative estimate of drug-likeness (QED) is 0.789. The van der Waals surface area contributed by atoms with Crippen molar-refractivity contribution >= 4 is 12.0 Å². The van der Waals surface area contributed by atoms with Gasteiger partial charge >= 0.3 is 0 Å². The number of ether oxygens (including phenoxy) is 1. The molecular formula is C20H25N3O2. The van der Waals surface area contributed by atoms with Crippen LogP contribution in [-0.4, -0.2) is 61.6 Å². The smallest absolute Gasteiger partial charge is 0.246 e. The highest BCUT2D eigenvalue weighted by Gasteiger charge is 2.24. The first-order valence-corrected chi connectivity index (χ1v) is 9.02. The molecule has 1 amide bonds. The number of morpholine rings is 1. The molecule has 25 heavy (non-hydrogen) atoms.